The van der Waals surface area contributed by atoms with E-state index in [-0.39, 0.29) is 11.1 Å². The van der Waals surface area contributed by atoms with E-state index in [9.17, 15) is 19.5 Å². The Hall–Kier alpha value is -2.63. The van der Waals surface area contributed by atoms with Crippen molar-refractivity contribution in [1.82, 2.24) is 0 Å². The molecule has 1 aliphatic heterocycles. The molecule has 6 heteroatoms. The van der Waals surface area contributed by atoms with Gasteiger partial charge in [0.1, 0.15) is 12.2 Å². The molecule has 1 aliphatic carbocycles. The largest absolute Gasteiger partial charge is 0.478 e. The molecule has 1 heterocycles. The van der Waals surface area contributed by atoms with Gasteiger partial charge >= 0.3 is 17.9 Å². The highest BCUT2D eigenvalue weighted by atomic mass is 16.6. The van der Waals surface area contributed by atoms with E-state index < -0.39 is 36.0 Å². The van der Waals surface area contributed by atoms with Crippen LogP contribution in [0.2, 0.25) is 0 Å². The highest BCUT2D eigenvalue weighted by Crippen LogP contribution is 2.36. The zero-order chi connectivity index (χ0) is 20.1. The molecule has 146 valence electrons. The SMILES string of the molecule is C=C1C(=O)O[C@@H]2C=C(C(=O)O)CCC=C(C)C[C@@H](OC(=O)C=C(C)CC)[C@H]12. The molecule has 0 spiro atoms. The summed E-state index contributed by atoms with van der Waals surface area (Å²) in [6.45, 7) is 9.47. The molecule has 0 aromatic rings. The molecule has 27 heavy (non-hydrogen) atoms. The number of carbonyl (C=O) groups excluding carboxylic acids is 2. The van der Waals surface area contributed by atoms with Crippen molar-refractivity contribution in [2.75, 3.05) is 0 Å². The third-order valence-corrected chi connectivity index (χ3v) is 4.92. The summed E-state index contributed by atoms with van der Waals surface area (Å²) in [6, 6.07) is 0. The second kappa shape index (κ2) is 8.84. The number of carbonyl (C=O) groups is 3. The summed E-state index contributed by atoms with van der Waals surface area (Å²) in [5.74, 6) is -2.75. The van der Waals surface area contributed by atoms with Crippen LogP contribution in [0.3, 0.4) is 0 Å². The minimum Gasteiger partial charge on any atom is -0.478 e. The van der Waals surface area contributed by atoms with Crippen molar-refractivity contribution < 1.29 is 29.0 Å². The second-order valence-electron chi connectivity index (χ2n) is 7.03. The minimum atomic E-state index is -1.05. The van der Waals surface area contributed by atoms with E-state index >= 15 is 0 Å². The molecule has 0 unspecified atom stereocenters. The highest BCUT2D eigenvalue weighted by molar-refractivity contribution is 5.92. The van der Waals surface area contributed by atoms with Crippen molar-refractivity contribution in [1.29, 1.82) is 0 Å². The number of hydrogen-bond acceptors (Lipinski definition) is 5. The normalized spacial score (nSPS) is 26.5. The zero-order valence-electron chi connectivity index (χ0n) is 16.0. The summed E-state index contributed by atoms with van der Waals surface area (Å²) in [4.78, 5) is 35.9. The third-order valence-electron chi connectivity index (χ3n) is 4.92. The van der Waals surface area contributed by atoms with Gasteiger partial charge in [0, 0.05) is 23.6 Å². The maximum Gasteiger partial charge on any atom is 0.334 e. The maximum absolute atomic E-state index is 12.3. The summed E-state index contributed by atoms with van der Waals surface area (Å²) in [6.07, 6.45) is 5.39. The van der Waals surface area contributed by atoms with Gasteiger partial charge in [-0.25, -0.2) is 14.4 Å². The van der Waals surface area contributed by atoms with Gasteiger partial charge in [0.2, 0.25) is 0 Å². The van der Waals surface area contributed by atoms with Crippen LogP contribution in [0.4, 0.5) is 0 Å². The van der Waals surface area contributed by atoms with Crippen LogP contribution < -0.4 is 0 Å². The Morgan fingerprint density at radius 3 is 2.78 bits per heavy atom. The van der Waals surface area contributed by atoms with Gasteiger partial charge in [-0.15, -0.1) is 0 Å². The van der Waals surface area contributed by atoms with Crippen molar-refractivity contribution in [2.24, 2.45) is 5.92 Å². The first-order valence-electron chi connectivity index (χ1n) is 9.10. The van der Waals surface area contributed by atoms with Gasteiger partial charge < -0.3 is 14.6 Å². The van der Waals surface area contributed by atoms with Crippen LogP contribution in [0.15, 0.2) is 47.1 Å². The van der Waals surface area contributed by atoms with Crippen LogP contribution in [0.25, 0.3) is 0 Å². The average Bonchev–Trinajstić information content (AvgIpc) is 2.86. The molecule has 3 atom stereocenters. The zero-order valence-corrected chi connectivity index (χ0v) is 16.0. The van der Waals surface area contributed by atoms with E-state index in [0.29, 0.717) is 19.3 Å². The summed E-state index contributed by atoms with van der Waals surface area (Å²) < 4.78 is 11.0. The molecule has 6 nitrogen and oxygen atoms in total. The first-order chi connectivity index (χ1) is 12.7. The molecular weight excluding hydrogens is 348 g/mol. The number of hydrogen-bond donors (Lipinski definition) is 1. The smallest absolute Gasteiger partial charge is 0.334 e. The standard InChI is InChI=1S/C21H26O6/c1-5-12(2)10-18(22)26-16-9-13(3)7-6-8-15(20(23)24)11-17-19(16)14(4)21(25)27-17/h7,10-11,16-17,19H,4-6,8-9H2,1-3H3,(H,23,24)/t16-,17-,19+/m1/s1. The number of allylic oxidation sites excluding steroid dienone is 2. The molecule has 2 aliphatic rings. The van der Waals surface area contributed by atoms with Crippen LogP contribution in [0.5, 0.6) is 0 Å². The van der Waals surface area contributed by atoms with Crippen LogP contribution in [0, 0.1) is 5.92 Å². The number of rotatable bonds is 4. The van der Waals surface area contributed by atoms with Crippen molar-refractivity contribution in [3.8, 4) is 0 Å². The average molecular weight is 374 g/mol. The highest BCUT2D eigenvalue weighted by Gasteiger charge is 2.44. The number of fused-ring (bicyclic) bond motifs is 1. The lowest BCUT2D eigenvalue weighted by molar-refractivity contribution is -0.146. The second-order valence-corrected chi connectivity index (χ2v) is 7.03. The third kappa shape index (κ3) is 5.18. The van der Waals surface area contributed by atoms with E-state index in [1.807, 2.05) is 26.8 Å². The summed E-state index contributed by atoms with van der Waals surface area (Å²) in [5, 5.41) is 9.43. The lowest BCUT2D eigenvalue weighted by Gasteiger charge is -2.27. The number of esters is 2. The monoisotopic (exact) mass is 374 g/mol. The molecule has 1 N–H and O–H groups in total. The Labute approximate surface area is 159 Å². The van der Waals surface area contributed by atoms with Crippen LogP contribution >= 0.6 is 0 Å². The molecule has 0 aromatic carbocycles. The van der Waals surface area contributed by atoms with Gasteiger partial charge in [0.15, 0.2) is 0 Å². The van der Waals surface area contributed by atoms with Crippen LogP contribution in [0.1, 0.15) is 46.5 Å². The van der Waals surface area contributed by atoms with Gasteiger partial charge in [-0.1, -0.05) is 30.7 Å². The van der Waals surface area contributed by atoms with Crippen molar-refractivity contribution >= 4 is 17.9 Å². The quantitative estimate of drug-likeness (QED) is 0.460. The first-order valence-corrected chi connectivity index (χ1v) is 9.10. The van der Waals surface area contributed by atoms with Crippen LogP contribution in [-0.4, -0.2) is 35.2 Å². The van der Waals surface area contributed by atoms with Crippen LogP contribution in [-0.2, 0) is 23.9 Å². The number of ether oxygens (including phenoxy) is 2. The number of carboxylic acid groups (broad SMARTS) is 1. The van der Waals surface area contributed by atoms with E-state index in [2.05, 4.69) is 6.58 Å². The predicted octanol–water partition coefficient (Wildman–Crippen LogP) is 3.49. The first kappa shape index (κ1) is 20.7. The number of aliphatic carboxylic acids is 1. The molecule has 0 aromatic heterocycles. The van der Waals surface area contributed by atoms with Gasteiger partial charge in [0.25, 0.3) is 0 Å². The van der Waals surface area contributed by atoms with Crippen molar-refractivity contribution in [3.05, 3.63) is 47.1 Å². The van der Waals surface area contributed by atoms with Crippen molar-refractivity contribution in [2.45, 2.75) is 58.7 Å². The Kier molecular flexibility index (Phi) is 6.77. The molecule has 0 saturated carbocycles. The molecule has 2 rings (SSSR count). The minimum absolute atomic E-state index is 0.172. The molecule has 1 saturated heterocycles. The molecule has 0 radical (unpaired) electrons. The fraction of sp³-hybridized carbons (Fsp3) is 0.476. The lowest BCUT2D eigenvalue weighted by Crippen LogP contribution is -2.33. The van der Waals surface area contributed by atoms with Crippen molar-refractivity contribution in [3.63, 3.8) is 0 Å². The summed E-state index contributed by atoms with van der Waals surface area (Å²) in [7, 11) is 0. The topological polar surface area (TPSA) is 89.9 Å². The molecular formula is C21H26O6. The summed E-state index contributed by atoms with van der Waals surface area (Å²) in [5.41, 5.74) is 2.21. The van der Waals surface area contributed by atoms with Gasteiger partial charge in [-0.2, -0.15) is 0 Å². The molecule has 1 fully saturated rings. The Morgan fingerprint density at radius 2 is 2.15 bits per heavy atom. The Morgan fingerprint density at radius 1 is 1.44 bits per heavy atom. The van der Waals surface area contributed by atoms with Gasteiger partial charge in [-0.05, 0) is 39.2 Å². The summed E-state index contributed by atoms with van der Waals surface area (Å²) >= 11 is 0. The van der Waals surface area contributed by atoms with Gasteiger partial charge in [-0.3, -0.25) is 0 Å². The molecule has 0 bridgehead atoms. The predicted molar refractivity (Wildman–Crippen MR) is 99.8 cm³/mol. The van der Waals surface area contributed by atoms with E-state index in [0.717, 1.165) is 17.6 Å². The van der Waals surface area contributed by atoms with E-state index in [1.54, 1.807) is 0 Å². The maximum atomic E-state index is 12.3. The Bertz CT molecular complexity index is 740. The Balaban J connectivity index is 2.41. The molecule has 0 amide bonds. The lowest BCUT2D eigenvalue weighted by atomic mass is 9.85. The number of carboxylic acids is 1. The van der Waals surface area contributed by atoms with Gasteiger partial charge in [0.05, 0.1) is 5.92 Å². The fourth-order valence-corrected chi connectivity index (χ4v) is 3.24. The van der Waals surface area contributed by atoms with E-state index in [4.69, 9.17) is 9.47 Å². The fourth-order valence-electron chi connectivity index (χ4n) is 3.24. The van der Waals surface area contributed by atoms with E-state index in [1.165, 1.54) is 12.2 Å².